The lowest BCUT2D eigenvalue weighted by molar-refractivity contribution is 0.00346. The van der Waals surface area contributed by atoms with Crippen LogP contribution in [0.5, 0.6) is 11.5 Å². The van der Waals surface area contributed by atoms with Gasteiger partial charge in [0.25, 0.3) is 0 Å². The molecule has 172 valence electrons. The molecule has 1 N–H and O–H groups in total. The van der Waals surface area contributed by atoms with Gasteiger partial charge in [-0.2, -0.15) is 5.10 Å². The van der Waals surface area contributed by atoms with Crippen LogP contribution >= 0.6 is 0 Å². The van der Waals surface area contributed by atoms with Crippen molar-refractivity contribution < 1.29 is 24.1 Å². The van der Waals surface area contributed by atoms with Crippen LogP contribution in [0, 0.1) is 0 Å². The van der Waals surface area contributed by atoms with Gasteiger partial charge in [0, 0.05) is 18.2 Å². The molecule has 0 saturated heterocycles. The Labute approximate surface area is 196 Å². The molecule has 8 nitrogen and oxygen atoms in total. The molecular formula is C26H23N3O5. The van der Waals surface area contributed by atoms with Crippen molar-refractivity contribution >= 4 is 6.16 Å². The molecule has 3 heterocycles. The summed E-state index contributed by atoms with van der Waals surface area (Å²) in [5, 5.41) is 13.9. The predicted molar refractivity (Wildman–Crippen MR) is 125 cm³/mol. The van der Waals surface area contributed by atoms with Crippen molar-refractivity contribution in [2.45, 2.75) is 25.9 Å². The topological polar surface area (TPSA) is 95.7 Å². The number of nitrogens with zero attached hydrogens (tertiary/aromatic N) is 3. The van der Waals surface area contributed by atoms with Crippen LogP contribution in [0.25, 0.3) is 28.2 Å². The third-order valence-corrected chi connectivity index (χ3v) is 5.51. The highest BCUT2D eigenvalue weighted by Gasteiger charge is 2.26. The lowest BCUT2D eigenvalue weighted by Gasteiger charge is -2.23. The van der Waals surface area contributed by atoms with E-state index in [0.29, 0.717) is 12.2 Å². The number of rotatable bonds is 6. The van der Waals surface area contributed by atoms with Crippen LogP contribution in [0.2, 0.25) is 0 Å². The average molecular weight is 457 g/mol. The first kappa shape index (κ1) is 21.5. The zero-order valence-corrected chi connectivity index (χ0v) is 18.8. The minimum absolute atomic E-state index is 0.243. The van der Waals surface area contributed by atoms with E-state index < -0.39 is 11.8 Å². The van der Waals surface area contributed by atoms with Gasteiger partial charge >= 0.3 is 6.16 Å². The molecule has 1 aliphatic heterocycles. The van der Waals surface area contributed by atoms with Crippen molar-refractivity contribution in [2.24, 2.45) is 0 Å². The molecule has 0 radical (unpaired) electrons. The normalized spacial score (nSPS) is 12.5. The largest absolute Gasteiger partial charge is 0.506 e. The molecule has 0 bridgehead atoms. The van der Waals surface area contributed by atoms with Crippen LogP contribution in [-0.4, -0.2) is 38.4 Å². The highest BCUT2D eigenvalue weighted by atomic mass is 16.7. The second-order valence-electron chi connectivity index (χ2n) is 8.57. The maximum Gasteiger partial charge on any atom is 0.506 e. The van der Waals surface area contributed by atoms with Crippen LogP contribution in [0.1, 0.15) is 19.5 Å². The molecule has 0 spiro atoms. The van der Waals surface area contributed by atoms with Gasteiger partial charge in [-0.25, -0.2) is 14.5 Å². The second kappa shape index (κ2) is 8.55. The molecule has 0 amide bonds. The number of aromatic nitrogens is 3. The fourth-order valence-corrected chi connectivity index (χ4v) is 3.98. The summed E-state index contributed by atoms with van der Waals surface area (Å²) in [7, 11) is 0. The monoisotopic (exact) mass is 457 g/mol. The van der Waals surface area contributed by atoms with E-state index >= 15 is 0 Å². The zero-order chi connectivity index (χ0) is 23.7. The van der Waals surface area contributed by atoms with Gasteiger partial charge < -0.3 is 19.3 Å². The van der Waals surface area contributed by atoms with Crippen LogP contribution < -0.4 is 9.47 Å². The summed E-state index contributed by atoms with van der Waals surface area (Å²) in [6.07, 6.45) is 0.714. The number of carbonyl (C=O) groups is 1. The van der Waals surface area contributed by atoms with Gasteiger partial charge in [0.2, 0.25) is 6.79 Å². The lowest BCUT2D eigenvalue weighted by atomic mass is 10.0. The van der Waals surface area contributed by atoms with Crippen molar-refractivity contribution in [3.63, 3.8) is 0 Å². The van der Waals surface area contributed by atoms with Crippen molar-refractivity contribution in [1.29, 1.82) is 0 Å². The molecule has 2 aromatic heterocycles. The van der Waals surface area contributed by atoms with Gasteiger partial charge in [-0.1, -0.05) is 36.4 Å². The first-order valence-corrected chi connectivity index (χ1v) is 10.8. The number of ether oxygens (including phenoxy) is 3. The quantitative estimate of drug-likeness (QED) is 0.390. The van der Waals surface area contributed by atoms with E-state index in [1.807, 2.05) is 66.7 Å². The molecule has 4 aromatic rings. The Balaban J connectivity index is 1.47. The SMILES string of the molecule is CC(C)(Cc1cc(-c2ccc(-c3ccc4c(c3)OCO4)cc2)nn1-c1ccccn1)OC(=O)O. The first-order valence-electron chi connectivity index (χ1n) is 10.8. The molecule has 1 aliphatic rings. The predicted octanol–water partition coefficient (Wildman–Crippen LogP) is 5.35. The van der Waals surface area contributed by atoms with Crippen molar-refractivity contribution in [1.82, 2.24) is 14.8 Å². The highest BCUT2D eigenvalue weighted by Crippen LogP contribution is 2.36. The third-order valence-electron chi connectivity index (χ3n) is 5.51. The Morgan fingerprint density at radius 3 is 2.47 bits per heavy atom. The fourth-order valence-electron chi connectivity index (χ4n) is 3.98. The smallest absolute Gasteiger partial charge is 0.454 e. The van der Waals surface area contributed by atoms with Gasteiger partial charge in [0.05, 0.1) is 11.4 Å². The molecular weight excluding hydrogens is 434 g/mol. The summed E-state index contributed by atoms with van der Waals surface area (Å²) in [6, 6.07) is 21.5. The van der Waals surface area contributed by atoms with Crippen LogP contribution in [-0.2, 0) is 11.2 Å². The van der Waals surface area contributed by atoms with E-state index in [1.165, 1.54) is 0 Å². The molecule has 5 rings (SSSR count). The summed E-state index contributed by atoms with van der Waals surface area (Å²) in [6.45, 7) is 3.71. The van der Waals surface area contributed by atoms with E-state index in [4.69, 9.17) is 24.4 Å². The molecule has 0 atom stereocenters. The minimum Gasteiger partial charge on any atom is -0.454 e. The number of benzene rings is 2. The Bertz CT molecular complexity index is 1330. The lowest BCUT2D eigenvalue weighted by Crippen LogP contribution is -2.30. The molecule has 8 heteroatoms. The molecule has 0 fully saturated rings. The highest BCUT2D eigenvalue weighted by molar-refractivity contribution is 5.71. The van der Waals surface area contributed by atoms with Crippen LogP contribution in [0.15, 0.2) is 72.9 Å². The summed E-state index contributed by atoms with van der Waals surface area (Å²) in [5.74, 6) is 2.14. The summed E-state index contributed by atoms with van der Waals surface area (Å²) in [4.78, 5) is 15.5. The minimum atomic E-state index is -1.31. The Kier molecular flexibility index (Phi) is 5.41. The first-order chi connectivity index (χ1) is 16.4. The number of hydrogen-bond donors (Lipinski definition) is 1. The van der Waals surface area contributed by atoms with Gasteiger partial charge in [-0.15, -0.1) is 0 Å². The Morgan fingerprint density at radius 2 is 1.74 bits per heavy atom. The molecule has 0 unspecified atom stereocenters. The summed E-state index contributed by atoms with van der Waals surface area (Å²) in [5.41, 5.74) is 3.62. The number of fused-ring (bicyclic) bond motifs is 1. The van der Waals surface area contributed by atoms with E-state index in [9.17, 15) is 4.79 Å². The second-order valence-corrected chi connectivity index (χ2v) is 8.57. The standard InChI is InChI=1S/C26H23N3O5/c1-26(2,34-25(30)31)15-20-14-21(28-29(20)24-5-3-4-12-27-24)18-8-6-17(7-9-18)19-10-11-22-23(13-19)33-16-32-22/h3-14H,15-16H2,1-2H3,(H,30,31). The maximum atomic E-state index is 11.1. The van der Waals surface area contributed by atoms with Crippen molar-refractivity contribution in [2.75, 3.05) is 6.79 Å². The van der Waals surface area contributed by atoms with E-state index in [2.05, 4.69) is 4.98 Å². The van der Waals surface area contributed by atoms with E-state index in [1.54, 1.807) is 24.7 Å². The van der Waals surface area contributed by atoms with Crippen LogP contribution in [0.4, 0.5) is 4.79 Å². The maximum absolute atomic E-state index is 11.1. The number of pyridine rings is 1. The molecule has 2 aromatic carbocycles. The van der Waals surface area contributed by atoms with E-state index in [0.717, 1.165) is 39.6 Å². The van der Waals surface area contributed by atoms with Crippen molar-refractivity contribution in [3.05, 3.63) is 78.6 Å². The molecule has 34 heavy (non-hydrogen) atoms. The fraction of sp³-hybridized carbons (Fsp3) is 0.192. The van der Waals surface area contributed by atoms with Crippen LogP contribution in [0.3, 0.4) is 0 Å². The van der Waals surface area contributed by atoms with Gasteiger partial charge in [0.1, 0.15) is 5.60 Å². The van der Waals surface area contributed by atoms with Gasteiger partial charge in [0.15, 0.2) is 17.3 Å². The van der Waals surface area contributed by atoms with Crippen molar-refractivity contribution in [3.8, 4) is 39.7 Å². The summed E-state index contributed by atoms with van der Waals surface area (Å²) >= 11 is 0. The van der Waals surface area contributed by atoms with Gasteiger partial charge in [-0.3, -0.25) is 0 Å². The third kappa shape index (κ3) is 4.43. The molecule has 0 aliphatic carbocycles. The average Bonchev–Trinajstić information content (AvgIpc) is 3.45. The number of hydrogen-bond acceptors (Lipinski definition) is 6. The molecule has 0 saturated carbocycles. The Morgan fingerprint density at radius 1 is 1.00 bits per heavy atom. The van der Waals surface area contributed by atoms with Gasteiger partial charge in [-0.05, 0) is 55.3 Å². The zero-order valence-electron chi connectivity index (χ0n) is 18.8. The van der Waals surface area contributed by atoms with E-state index in [-0.39, 0.29) is 6.79 Å². The Hall–Kier alpha value is -4.33. The summed E-state index contributed by atoms with van der Waals surface area (Å²) < 4.78 is 17.7. The number of carboxylic acid groups (broad SMARTS) is 1.